The molecule has 112 valence electrons. The molecule has 0 aliphatic heterocycles. The third kappa shape index (κ3) is 3.74. The van der Waals surface area contributed by atoms with Crippen LogP contribution in [0.5, 0.6) is 5.75 Å². The average Bonchev–Trinajstić information content (AvgIpc) is 2.48. The minimum Gasteiger partial charge on any atom is -0.484 e. The van der Waals surface area contributed by atoms with Gasteiger partial charge in [-0.25, -0.2) is 4.39 Å². The number of benzene rings is 2. The first-order valence-electron chi connectivity index (χ1n) is 6.95. The van der Waals surface area contributed by atoms with Crippen molar-refractivity contribution in [1.82, 2.24) is 0 Å². The molecule has 2 rings (SSSR count). The lowest BCUT2D eigenvalue weighted by Gasteiger charge is -2.26. The molecule has 0 saturated carbocycles. The van der Waals surface area contributed by atoms with Crippen molar-refractivity contribution in [1.29, 1.82) is 0 Å². The second-order valence-corrected chi connectivity index (χ2v) is 5.48. The minimum absolute atomic E-state index is 0.305. The smallest absolute Gasteiger partial charge is 0.142 e. The van der Waals surface area contributed by atoms with Gasteiger partial charge in [0.2, 0.25) is 0 Å². The summed E-state index contributed by atoms with van der Waals surface area (Å²) >= 11 is 6.01. The van der Waals surface area contributed by atoms with Crippen molar-refractivity contribution in [3.05, 3.63) is 64.4 Å². The van der Waals surface area contributed by atoms with Crippen molar-refractivity contribution in [2.75, 3.05) is 0 Å². The van der Waals surface area contributed by atoms with Gasteiger partial charge in [-0.3, -0.25) is 0 Å². The summed E-state index contributed by atoms with van der Waals surface area (Å²) in [6, 6.07) is 11.6. The van der Waals surface area contributed by atoms with Gasteiger partial charge in [-0.15, -0.1) is 0 Å². The molecule has 0 saturated heterocycles. The van der Waals surface area contributed by atoms with Crippen molar-refractivity contribution < 1.29 is 9.13 Å². The predicted molar refractivity (Wildman–Crippen MR) is 84.2 cm³/mol. The summed E-state index contributed by atoms with van der Waals surface area (Å²) in [7, 11) is 0. The molecule has 2 atom stereocenters. The number of ether oxygens (including phenoxy) is 1. The molecule has 4 heteroatoms. The maximum absolute atomic E-state index is 14.1. The van der Waals surface area contributed by atoms with Gasteiger partial charge in [0.05, 0.1) is 0 Å². The normalized spacial score (nSPS) is 13.8. The molecule has 0 bridgehead atoms. The number of hydrogen-bond donors (Lipinski definition) is 1. The zero-order valence-corrected chi connectivity index (χ0v) is 12.9. The highest BCUT2D eigenvalue weighted by Crippen LogP contribution is 2.31. The van der Waals surface area contributed by atoms with E-state index in [9.17, 15) is 4.39 Å². The van der Waals surface area contributed by atoms with Gasteiger partial charge in [0.25, 0.3) is 0 Å². The van der Waals surface area contributed by atoms with E-state index in [-0.39, 0.29) is 11.9 Å². The zero-order valence-electron chi connectivity index (χ0n) is 12.1. The summed E-state index contributed by atoms with van der Waals surface area (Å²) in [5, 5.41) is 0.577. The highest BCUT2D eigenvalue weighted by Gasteiger charge is 2.24. The number of halogens is 2. The highest BCUT2D eigenvalue weighted by atomic mass is 35.5. The molecule has 2 aromatic rings. The van der Waals surface area contributed by atoms with Crippen molar-refractivity contribution >= 4 is 11.6 Å². The Morgan fingerprint density at radius 1 is 1.24 bits per heavy atom. The third-order valence-electron chi connectivity index (χ3n) is 3.48. The summed E-state index contributed by atoms with van der Waals surface area (Å²) in [4.78, 5) is 0. The third-order valence-corrected chi connectivity index (χ3v) is 3.71. The maximum Gasteiger partial charge on any atom is 0.142 e. The molecule has 0 heterocycles. The van der Waals surface area contributed by atoms with Gasteiger partial charge in [-0.05, 0) is 37.1 Å². The average molecular weight is 308 g/mol. The molecule has 0 fully saturated rings. The Balaban J connectivity index is 2.38. The Morgan fingerprint density at radius 2 is 1.95 bits per heavy atom. The van der Waals surface area contributed by atoms with Gasteiger partial charge in [0, 0.05) is 16.6 Å². The molecule has 2 nitrogen and oxygen atoms in total. The molecule has 2 unspecified atom stereocenters. The van der Waals surface area contributed by atoms with Crippen molar-refractivity contribution in [3.63, 3.8) is 0 Å². The zero-order chi connectivity index (χ0) is 15.4. The number of nitrogens with two attached hydrogens (primary N) is 1. The van der Waals surface area contributed by atoms with E-state index in [0.29, 0.717) is 22.8 Å². The van der Waals surface area contributed by atoms with Crippen LogP contribution in [0.2, 0.25) is 5.02 Å². The van der Waals surface area contributed by atoms with Crippen LogP contribution in [0.1, 0.15) is 30.6 Å². The second-order valence-electron chi connectivity index (χ2n) is 5.04. The molecule has 0 aromatic heterocycles. The monoisotopic (exact) mass is 307 g/mol. The fraction of sp³-hybridized carbons (Fsp3) is 0.294. The lowest BCUT2D eigenvalue weighted by atomic mass is 10.00. The van der Waals surface area contributed by atoms with E-state index in [2.05, 4.69) is 0 Å². The van der Waals surface area contributed by atoms with Gasteiger partial charge in [0.1, 0.15) is 17.7 Å². The van der Waals surface area contributed by atoms with Crippen LogP contribution in [0.15, 0.2) is 42.5 Å². The molecule has 2 aromatic carbocycles. The fourth-order valence-corrected chi connectivity index (χ4v) is 2.30. The summed E-state index contributed by atoms with van der Waals surface area (Å²) < 4.78 is 20.1. The van der Waals surface area contributed by atoms with Crippen LogP contribution in [0, 0.1) is 12.7 Å². The van der Waals surface area contributed by atoms with Crippen LogP contribution in [0.4, 0.5) is 4.39 Å². The Labute approximate surface area is 129 Å². The molecule has 21 heavy (non-hydrogen) atoms. The first-order valence-corrected chi connectivity index (χ1v) is 7.33. The van der Waals surface area contributed by atoms with Gasteiger partial charge >= 0.3 is 0 Å². The lowest BCUT2D eigenvalue weighted by molar-refractivity contribution is 0.165. The molecular weight excluding hydrogens is 289 g/mol. The first kappa shape index (κ1) is 15.8. The van der Waals surface area contributed by atoms with Crippen molar-refractivity contribution in [2.45, 2.75) is 32.4 Å². The van der Waals surface area contributed by atoms with E-state index in [4.69, 9.17) is 22.1 Å². The standard InChI is InChI=1S/C17H19ClFNO/c1-3-15(20)17(13-6-4-5-7-14(13)19)21-16-10-12(18)9-8-11(16)2/h4-10,15,17H,3,20H2,1-2H3. The quantitative estimate of drug-likeness (QED) is 0.873. The van der Waals surface area contributed by atoms with Crippen LogP contribution in [0.3, 0.4) is 0 Å². The Bertz CT molecular complexity index is 617. The Kier molecular flexibility index (Phi) is 5.21. The highest BCUT2D eigenvalue weighted by molar-refractivity contribution is 6.30. The van der Waals surface area contributed by atoms with Crippen LogP contribution in [0.25, 0.3) is 0 Å². The van der Waals surface area contributed by atoms with E-state index in [1.54, 1.807) is 30.3 Å². The summed E-state index contributed by atoms with van der Waals surface area (Å²) in [6.07, 6.45) is 0.131. The van der Waals surface area contributed by atoms with Crippen molar-refractivity contribution in [3.8, 4) is 5.75 Å². The van der Waals surface area contributed by atoms with E-state index in [1.165, 1.54) is 6.07 Å². The summed E-state index contributed by atoms with van der Waals surface area (Å²) in [5.74, 6) is 0.311. The Hall–Kier alpha value is -1.58. The van der Waals surface area contributed by atoms with Crippen LogP contribution < -0.4 is 10.5 Å². The first-order chi connectivity index (χ1) is 10.0. The number of hydrogen-bond acceptors (Lipinski definition) is 2. The SMILES string of the molecule is CCC(N)C(Oc1cc(Cl)ccc1C)c1ccccc1F. The Morgan fingerprint density at radius 3 is 2.62 bits per heavy atom. The molecule has 2 N–H and O–H groups in total. The van der Waals surface area contributed by atoms with Gasteiger partial charge < -0.3 is 10.5 Å². The fourth-order valence-electron chi connectivity index (χ4n) is 2.14. The van der Waals surface area contributed by atoms with Gasteiger partial charge in [-0.1, -0.05) is 42.8 Å². The number of aryl methyl sites for hydroxylation is 1. The molecule has 0 amide bonds. The number of rotatable bonds is 5. The van der Waals surface area contributed by atoms with Crippen LogP contribution in [-0.2, 0) is 0 Å². The maximum atomic E-state index is 14.1. The van der Waals surface area contributed by atoms with Crippen LogP contribution >= 0.6 is 11.6 Å². The summed E-state index contributed by atoms with van der Waals surface area (Å²) in [5.41, 5.74) is 7.53. The minimum atomic E-state index is -0.548. The van der Waals surface area contributed by atoms with Crippen molar-refractivity contribution in [2.24, 2.45) is 5.73 Å². The largest absolute Gasteiger partial charge is 0.484 e. The van der Waals surface area contributed by atoms with E-state index < -0.39 is 6.10 Å². The second kappa shape index (κ2) is 6.92. The van der Waals surface area contributed by atoms with E-state index in [1.807, 2.05) is 19.9 Å². The van der Waals surface area contributed by atoms with Crippen LogP contribution in [-0.4, -0.2) is 6.04 Å². The van der Waals surface area contributed by atoms with E-state index in [0.717, 1.165) is 5.56 Å². The molecule has 0 radical (unpaired) electrons. The molecular formula is C17H19ClFNO. The lowest BCUT2D eigenvalue weighted by Crippen LogP contribution is -2.32. The van der Waals surface area contributed by atoms with E-state index >= 15 is 0 Å². The van der Waals surface area contributed by atoms with Gasteiger partial charge in [0.15, 0.2) is 0 Å². The molecule has 0 spiro atoms. The summed E-state index contributed by atoms with van der Waals surface area (Å²) in [6.45, 7) is 3.87. The topological polar surface area (TPSA) is 35.2 Å². The molecule has 0 aliphatic carbocycles. The molecule has 0 aliphatic rings. The van der Waals surface area contributed by atoms with Gasteiger partial charge in [-0.2, -0.15) is 0 Å². The predicted octanol–water partition coefficient (Wildman–Crippen LogP) is 4.64.